The SMILES string of the molecule is COc1ccc(CN(C)CC(=O)Nc2sccc2C#N)cc1F. The molecular weight excluding hydrogens is 317 g/mol. The van der Waals surface area contributed by atoms with Gasteiger partial charge in [0.2, 0.25) is 5.91 Å². The molecule has 23 heavy (non-hydrogen) atoms. The van der Waals surface area contributed by atoms with Gasteiger partial charge in [-0.15, -0.1) is 11.3 Å². The molecule has 0 bridgehead atoms. The smallest absolute Gasteiger partial charge is 0.239 e. The van der Waals surface area contributed by atoms with Gasteiger partial charge < -0.3 is 10.1 Å². The summed E-state index contributed by atoms with van der Waals surface area (Å²) in [7, 11) is 3.18. The molecule has 0 aliphatic heterocycles. The van der Waals surface area contributed by atoms with E-state index in [9.17, 15) is 9.18 Å². The molecule has 0 unspecified atom stereocenters. The maximum atomic E-state index is 13.6. The largest absolute Gasteiger partial charge is 0.494 e. The quantitative estimate of drug-likeness (QED) is 0.883. The maximum absolute atomic E-state index is 13.6. The molecule has 0 aliphatic rings. The summed E-state index contributed by atoms with van der Waals surface area (Å²) in [6.07, 6.45) is 0. The molecule has 7 heteroatoms. The molecule has 0 radical (unpaired) electrons. The average Bonchev–Trinajstić information content (AvgIpc) is 2.94. The number of carbonyl (C=O) groups is 1. The zero-order valence-corrected chi connectivity index (χ0v) is 13.6. The van der Waals surface area contributed by atoms with Gasteiger partial charge in [-0.2, -0.15) is 5.26 Å². The number of carbonyl (C=O) groups excluding carboxylic acids is 1. The Morgan fingerprint density at radius 2 is 2.26 bits per heavy atom. The lowest BCUT2D eigenvalue weighted by Crippen LogP contribution is -2.29. The van der Waals surface area contributed by atoms with Gasteiger partial charge in [-0.05, 0) is 36.2 Å². The van der Waals surface area contributed by atoms with Gasteiger partial charge >= 0.3 is 0 Å². The van der Waals surface area contributed by atoms with Crippen molar-refractivity contribution in [3.8, 4) is 11.8 Å². The third kappa shape index (κ3) is 4.52. The highest BCUT2D eigenvalue weighted by Gasteiger charge is 2.12. The highest BCUT2D eigenvalue weighted by Crippen LogP contribution is 2.22. The number of methoxy groups -OCH3 is 1. The van der Waals surface area contributed by atoms with E-state index in [1.54, 1.807) is 35.5 Å². The lowest BCUT2D eigenvalue weighted by atomic mass is 10.2. The van der Waals surface area contributed by atoms with E-state index in [1.807, 2.05) is 6.07 Å². The Balaban J connectivity index is 1.91. The summed E-state index contributed by atoms with van der Waals surface area (Å²) in [5.41, 5.74) is 1.19. The minimum atomic E-state index is -0.430. The molecule has 0 atom stereocenters. The molecule has 120 valence electrons. The Morgan fingerprint density at radius 1 is 1.48 bits per heavy atom. The van der Waals surface area contributed by atoms with Crippen LogP contribution in [0.3, 0.4) is 0 Å². The van der Waals surface area contributed by atoms with Crippen LogP contribution in [0, 0.1) is 17.1 Å². The fourth-order valence-corrected chi connectivity index (χ4v) is 2.83. The number of likely N-dealkylation sites (N-methyl/N-ethyl adjacent to an activating group) is 1. The minimum absolute atomic E-state index is 0.135. The third-order valence-corrected chi connectivity index (χ3v) is 3.95. The first-order valence-corrected chi connectivity index (χ1v) is 7.70. The van der Waals surface area contributed by atoms with Crippen LogP contribution >= 0.6 is 11.3 Å². The summed E-state index contributed by atoms with van der Waals surface area (Å²) in [6.45, 7) is 0.556. The zero-order valence-electron chi connectivity index (χ0n) is 12.8. The van der Waals surface area contributed by atoms with Crippen molar-refractivity contribution in [1.29, 1.82) is 5.26 Å². The number of nitriles is 1. The molecule has 0 saturated heterocycles. The Morgan fingerprint density at radius 3 is 2.91 bits per heavy atom. The van der Waals surface area contributed by atoms with Gasteiger partial charge in [-0.1, -0.05) is 6.07 Å². The normalized spacial score (nSPS) is 10.4. The van der Waals surface area contributed by atoms with Crippen molar-refractivity contribution < 1.29 is 13.9 Å². The van der Waals surface area contributed by atoms with E-state index in [0.717, 1.165) is 5.56 Å². The molecule has 0 fully saturated rings. The van der Waals surface area contributed by atoms with Crippen molar-refractivity contribution >= 4 is 22.2 Å². The average molecular weight is 333 g/mol. The molecule has 5 nitrogen and oxygen atoms in total. The monoisotopic (exact) mass is 333 g/mol. The second-order valence-corrected chi connectivity index (χ2v) is 5.88. The van der Waals surface area contributed by atoms with Crippen molar-refractivity contribution in [3.63, 3.8) is 0 Å². The highest BCUT2D eigenvalue weighted by molar-refractivity contribution is 7.14. The molecule has 1 aromatic heterocycles. The summed E-state index contributed by atoms with van der Waals surface area (Å²) in [5.74, 6) is -0.462. The number of benzene rings is 1. The van der Waals surface area contributed by atoms with Gasteiger partial charge in [0.05, 0.1) is 19.2 Å². The van der Waals surface area contributed by atoms with E-state index < -0.39 is 5.82 Å². The van der Waals surface area contributed by atoms with Crippen LogP contribution in [-0.4, -0.2) is 31.5 Å². The number of ether oxygens (including phenoxy) is 1. The Bertz CT molecular complexity index is 739. The van der Waals surface area contributed by atoms with Gasteiger partial charge in [0, 0.05) is 6.54 Å². The van der Waals surface area contributed by atoms with Crippen LogP contribution in [0.4, 0.5) is 9.39 Å². The lowest BCUT2D eigenvalue weighted by molar-refractivity contribution is -0.117. The van der Waals surface area contributed by atoms with Gasteiger partial charge in [0.25, 0.3) is 0 Å². The molecule has 1 aromatic carbocycles. The number of hydrogen-bond acceptors (Lipinski definition) is 5. The number of amides is 1. The predicted octanol–water partition coefficient (Wildman–Crippen LogP) is 2.84. The van der Waals surface area contributed by atoms with Crippen molar-refractivity contribution in [3.05, 3.63) is 46.6 Å². The number of nitrogens with zero attached hydrogens (tertiary/aromatic N) is 2. The van der Waals surface area contributed by atoms with E-state index >= 15 is 0 Å². The van der Waals surface area contributed by atoms with E-state index in [4.69, 9.17) is 10.00 Å². The van der Waals surface area contributed by atoms with Crippen LogP contribution in [0.15, 0.2) is 29.6 Å². The maximum Gasteiger partial charge on any atom is 0.239 e. The summed E-state index contributed by atoms with van der Waals surface area (Å²) in [6, 6.07) is 8.38. The van der Waals surface area contributed by atoms with Crippen LogP contribution in [0.2, 0.25) is 0 Å². The van der Waals surface area contributed by atoms with Crippen LogP contribution in [-0.2, 0) is 11.3 Å². The van der Waals surface area contributed by atoms with Crippen LogP contribution in [0.1, 0.15) is 11.1 Å². The zero-order chi connectivity index (χ0) is 16.8. The summed E-state index contributed by atoms with van der Waals surface area (Å²) in [4.78, 5) is 13.8. The van der Waals surface area contributed by atoms with Crippen molar-refractivity contribution in [2.75, 3.05) is 26.0 Å². The summed E-state index contributed by atoms with van der Waals surface area (Å²) < 4.78 is 18.5. The van der Waals surface area contributed by atoms with Crippen molar-refractivity contribution in [2.24, 2.45) is 0 Å². The number of nitrogens with one attached hydrogen (secondary N) is 1. The minimum Gasteiger partial charge on any atom is -0.494 e. The van der Waals surface area contributed by atoms with Crippen LogP contribution in [0.25, 0.3) is 0 Å². The predicted molar refractivity (Wildman–Crippen MR) is 86.9 cm³/mol. The summed E-state index contributed by atoms with van der Waals surface area (Å²) in [5, 5.41) is 13.9. The van der Waals surface area contributed by atoms with Crippen molar-refractivity contribution in [2.45, 2.75) is 6.54 Å². The number of halogens is 1. The second kappa shape index (κ2) is 7.72. The first kappa shape index (κ1) is 16.9. The molecule has 1 amide bonds. The molecule has 2 rings (SSSR count). The number of rotatable bonds is 6. The fraction of sp³-hybridized carbons (Fsp3) is 0.250. The molecular formula is C16H16FN3O2S. The molecule has 0 saturated carbocycles. The van der Waals surface area contributed by atoms with Gasteiger partial charge in [0.15, 0.2) is 11.6 Å². The first-order valence-electron chi connectivity index (χ1n) is 6.82. The van der Waals surface area contributed by atoms with Gasteiger partial charge in [0.1, 0.15) is 11.1 Å². The summed E-state index contributed by atoms with van der Waals surface area (Å²) >= 11 is 1.30. The van der Waals surface area contributed by atoms with Gasteiger partial charge in [-0.25, -0.2) is 4.39 Å². The Kier molecular flexibility index (Phi) is 5.68. The third-order valence-electron chi connectivity index (χ3n) is 3.12. The molecule has 0 spiro atoms. The second-order valence-electron chi connectivity index (χ2n) is 4.96. The topological polar surface area (TPSA) is 65.4 Å². The standard InChI is InChI=1S/C16H16FN3O2S/c1-20(9-11-3-4-14(22-2)13(17)7-11)10-15(21)19-16-12(8-18)5-6-23-16/h3-7H,9-10H2,1-2H3,(H,19,21). The van der Waals surface area contributed by atoms with E-state index in [0.29, 0.717) is 17.1 Å². The number of anilines is 1. The molecule has 2 aromatic rings. The molecule has 0 aliphatic carbocycles. The van der Waals surface area contributed by atoms with E-state index in [-0.39, 0.29) is 18.2 Å². The Hall–Kier alpha value is -2.43. The fourth-order valence-electron chi connectivity index (χ4n) is 2.08. The van der Waals surface area contributed by atoms with Crippen LogP contribution in [0.5, 0.6) is 5.75 Å². The van der Waals surface area contributed by atoms with E-state index in [1.165, 1.54) is 24.5 Å². The Labute approximate surface area is 137 Å². The van der Waals surface area contributed by atoms with Crippen LogP contribution < -0.4 is 10.1 Å². The first-order chi connectivity index (χ1) is 11.0. The lowest BCUT2D eigenvalue weighted by Gasteiger charge is -2.16. The van der Waals surface area contributed by atoms with Gasteiger partial charge in [-0.3, -0.25) is 9.69 Å². The van der Waals surface area contributed by atoms with Crippen molar-refractivity contribution in [1.82, 2.24) is 4.90 Å². The number of hydrogen-bond donors (Lipinski definition) is 1. The molecule has 1 heterocycles. The molecule has 1 N–H and O–H groups in total. The highest BCUT2D eigenvalue weighted by atomic mass is 32.1. The van der Waals surface area contributed by atoms with E-state index in [2.05, 4.69) is 5.32 Å². The number of thiophene rings is 1.